The highest BCUT2D eigenvalue weighted by Crippen LogP contribution is 2.15. The smallest absolute Gasteiger partial charge is 0.252 e. The number of anilines is 1. The summed E-state index contributed by atoms with van der Waals surface area (Å²) >= 11 is 0. The van der Waals surface area contributed by atoms with Crippen molar-refractivity contribution in [1.82, 2.24) is 15.3 Å². The highest BCUT2D eigenvalue weighted by atomic mass is 16.2. The summed E-state index contributed by atoms with van der Waals surface area (Å²) in [6.45, 7) is 1.93. The molecule has 0 spiro atoms. The molecule has 1 aromatic heterocycles. The summed E-state index contributed by atoms with van der Waals surface area (Å²) in [7, 11) is 0. The van der Waals surface area contributed by atoms with Crippen molar-refractivity contribution in [3.63, 3.8) is 0 Å². The van der Waals surface area contributed by atoms with Gasteiger partial charge in [-0.3, -0.25) is 20.5 Å². The Kier molecular flexibility index (Phi) is 4.49. The van der Waals surface area contributed by atoms with Crippen LogP contribution in [0, 0.1) is 0 Å². The van der Waals surface area contributed by atoms with Gasteiger partial charge in [0.15, 0.2) is 0 Å². The van der Waals surface area contributed by atoms with Gasteiger partial charge in [0.25, 0.3) is 5.91 Å². The number of hydrogen-bond acceptors (Lipinski definition) is 5. The van der Waals surface area contributed by atoms with Crippen LogP contribution >= 0.6 is 0 Å². The fourth-order valence-electron chi connectivity index (χ4n) is 2.16. The van der Waals surface area contributed by atoms with E-state index in [0.717, 1.165) is 19.4 Å². The number of pyridine rings is 1. The van der Waals surface area contributed by atoms with E-state index < -0.39 is 0 Å². The first kappa shape index (κ1) is 12.8. The van der Waals surface area contributed by atoms with Crippen molar-refractivity contribution in [1.29, 1.82) is 0 Å². The topological polar surface area (TPSA) is 83.3 Å². The number of nitrogens with zero attached hydrogens (tertiary/aromatic N) is 2. The number of hydrazine groups is 1. The first-order valence-electron chi connectivity index (χ1n) is 6.19. The van der Waals surface area contributed by atoms with Gasteiger partial charge in [-0.2, -0.15) is 0 Å². The lowest BCUT2D eigenvalue weighted by molar-refractivity contribution is -0.121. The van der Waals surface area contributed by atoms with Crippen LogP contribution in [-0.4, -0.2) is 41.5 Å². The second kappa shape index (κ2) is 6.32. The minimum absolute atomic E-state index is 0.0685. The molecule has 6 heteroatoms. The molecule has 1 aromatic rings. The van der Waals surface area contributed by atoms with Gasteiger partial charge in [0.1, 0.15) is 5.82 Å². The van der Waals surface area contributed by atoms with Crippen molar-refractivity contribution in [3.8, 4) is 0 Å². The highest BCUT2D eigenvalue weighted by molar-refractivity contribution is 5.79. The molecule has 2 rings (SSSR count). The van der Waals surface area contributed by atoms with Crippen LogP contribution in [0.2, 0.25) is 0 Å². The van der Waals surface area contributed by atoms with Crippen LogP contribution in [-0.2, 0) is 4.79 Å². The lowest BCUT2D eigenvalue weighted by atomic mass is 10.2. The van der Waals surface area contributed by atoms with E-state index in [1.165, 1.54) is 0 Å². The van der Waals surface area contributed by atoms with E-state index in [9.17, 15) is 4.79 Å². The van der Waals surface area contributed by atoms with Gasteiger partial charge in [0, 0.05) is 18.8 Å². The predicted molar refractivity (Wildman–Crippen MR) is 69.7 cm³/mol. The number of aromatic nitrogens is 1. The largest absolute Gasteiger partial charge is 0.329 e. The molecule has 1 fully saturated rings. The first-order chi connectivity index (χ1) is 8.79. The highest BCUT2D eigenvalue weighted by Gasteiger charge is 2.24. The number of nitrogens with two attached hydrogens (primary N) is 1. The monoisotopic (exact) mass is 249 g/mol. The second-order valence-electron chi connectivity index (χ2n) is 4.39. The molecule has 0 aliphatic carbocycles. The molecule has 0 bridgehead atoms. The minimum Gasteiger partial charge on any atom is -0.329 e. The number of rotatable bonds is 5. The molecular formula is C12H19N5O. The third-order valence-corrected chi connectivity index (χ3v) is 3.11. The van der Waals surface area contributed by atoms with Crippen LogP contribution in [0.3, 0.4) is 0 Å². The van der Waals surface area contributed by atoms with Crippen molar-refractivity contribution in [3.05, 3.63) is 24.4 Å². The standard InChI is InChI=1S/C12H19N5O/c13-8-10-4-3-7-17(10)9-12(18)16-15-11-5-1-2-6-14-11/h1-2,5-6,10H,3-4,7-9,13H2,(H,14,15)(H,16,18). The Hall–Kier alpha value is -1.66. The molecule has 2 heterocycles. The van der Waals surface area contributed by atoms with Crippen molar-refractivity contribution in [2.45, 2.75) is 18.9 Å². The van der Waals surface area contributed by atoms with Gasteiger partial charge in [0.05, 0.1) is 6.54 Å². The van der Waals surface area contributed by atoms with Crippen LogP contribution in [0.4, 0.5) is 5.82 Å². The van der Waals surface area contributed by atoms with Crippen LogP contribution in [0.5, 0.6) is 0 Å². The third-order valence-electron chi connectivity index (χ3n) is 3.11. The maximum atomic E-state index is 11.7. The predicted octanol–water partition coefficient (Wildman–Crippen LogP) is -0.0522. The molecule has 1 amide bonds. The van der Waals surface area contributed by atoms with Crippen molar-refractivity contribution in [2.24, 2.45) is 5.73 Å². The number of likely N-dealkylation sites (tertiary alicyclic amines) is 1. The Balaban J connectivity index is 1.75. The van der Waals surface area contributed by atoms with Crippen molar-refractivity contribution in [2.75, 3.05) is 25.1 Å². The average molecular weight is 249 g/mol. The fraction of sp³-hybridized carbons (Fsp3) is 0.500. The van der Waals surface area contributed by atoms with E-state index in [1.54, 1.807) is 12.3 Å². The lowest BCUT2D eigenvalue weighted by Crippen LogP contribution is -2.44. The molecule has 1 atom stereocenters. The van der Waals surface area contributed by atoms with Gasteiger partial charge in [-0.15, -0.1) is 0 Å². The van der Waals surface area contributed by atoms with Gasteiger partial charge in [-0.05, 0) is 31.5 Å². The molecule has 0 saturated carbocycles. The van der Waals surface area contributed by atoms with Crippen LogP contribution < -0.4 is 16.6 Å². The van der Waals surface area contributed by atoms with Crippen molar-refractivity contribution >= 4 is 11.7 Å². The quantitative estimate of drug-likeness (QED) is 0.637. The molecule has 18 heavy (non-hydrogen) atoms. The Bertz CT molecular complexity index is 383. The molecule has 1 aliphatic heterocycles. The first-order valence-corrected chi connectivity index (χ1v) is 6.19. The molecule has 0 radical (unpaired) electrons. The SMILES string of the molecule is NCC1CCCN1CC(=O)NNc1ccccn1. The zero-order chi connectivity index (χ0) is 12.8. The zero-order valence-corrected chi connectivity index (χ0v) is 10.3. The fourth-order valence-corrected chi connectivity index (χ4v) is 2.16. The molecule has 4 N–H and O–H groups in total. The number of nitrogens with one attached hydrogen (secondary N) is 2. The Morgan fingerprint density at radius 2 is 2.44 bits per heavy atom. The maximum absolute atomic E-state index is 11.7. The van der Waals surface area contributed by atoms with Gasteiger partial charge in [0.2, 0.25) is 0 Å². The molecule has 0 aromatic carbocycles. The third kappa shape index (κ3) is 3.41. The Morgan fingerprint density at radius 3 is 3.17 bits per heavy atom. The van der Waals surface area contributed by atoms with E-state index in [2.05, 4.69) is 20.7 Å². The Morgan fingerprint density at radius 1 is 1.56 bits per heavy atom. The van der Waals surface area contributed by atoms with Gasteiger partial charge in [-0.25, -0.2) is 4.98 Å². The van der Waals surface area contributed by atoms with Crippen molar-refractivity contribution < 1.29 is 4.79 Å². The average Bonchev–Trinajstić information content (AvgIpc) is 2.85. The molecular weight excluding hydrogens is 230 g/mol. The molecule has 1 aliphatic rings. The van der Waals surface area contributed by atoms with Gasteiger partial charge < -0.3 is 5.73 Å². The van der Waals surface area contributed by atoms with Gasteiger partial charge >= 0.3 is 0 Å². The summed E-state index contributed by atoms with van der Waals surface area (Å²) in [6.07, 6.45) is 3.86. The van der Waals surface area contributed by atoms with Crippen LogP contribution in [0.15, 0.2) is 24.4 Å². The van der Waals surface area contributed by atoms with Gasteiger partial charge in [-0.1, -0.05) is 6.07 Å². The molecule has 6 nitrogen and oxygen atoms in total. The molecule has 1 unspecified atom stereocenters. The summed E-state index contributed by atoms with van der Waals surface area (Å²) in [6, 6.07) is 5.81. The maximum Gasteiger partial charge on any atom is 0.252 e. The van der Waals surface area contributed by atoms with Crippen LogP contribution in [0.1, 0.15) is 12.8 Å². The number of amides is 1. The number of carbonyl (C=O) groups is 1. The zero-order valence-electron chi connectivity index (χ0n) is 10.3. The number of carbonyl (C=O) groups excluding carboxylic acids is 1. The molecule has 1 saturated heterocycles. The lowest BCUT2D eigenvalue weighted by Gasteiger charge is -2.22. The molecule has 98 valence electrons. The Labute approximate surface area is 107 Å². The summed E-state index contributed by atoms with van der Waals surface area (Å²) in [5, 5.41) is 0. The second-order valence-corrected chi connectivity index (χ2v) is 4.39. The van der Waals surface area contributed by atoms with E-state index in [0.29, 0.717) is 24.9 Å². The summed E-state index contributed by atoms with van der Waals surface area (Å²) in [5.74, 6) is 0.559. The summed E-state index contributed by atoms with van der Waals surface area (Å²) < 4.78 is 0. The number of hydrogen-bond donors (Lipinski definition) is 3. The minimum atomic E-state index is -0.0685. The summed E-state index contributed by atoms with van der Waals surface area (Å²) in [4.78, 5) is 17.9. The summed E-state index contributed by atoms with van der Waals surface area (Å²) in [5.41, 5.74) is 11.1. The van der Waals surface area contributed by atoms with E-state index in [-0.39, 0.29) is 5.91 Å². The van der Waals surface area contributed by atoms with E-state index in [1.807, 2.05) is 12.1 Å². The van der Waals surface area contributed by atoms with Crippen LogP contribution in [0.25, 0.3) is 0 Å². The van der Waals surface area contributed by atoms with E-state index >= 15 is 0 Å². The normalized spacial score (nSPS) is 19.7. The van der Waals surface area contributed by atoms with E-state index in [4.69, 9.17) is 5.73 Å².